The highest BCUT2D eigenvalue weighted by atomic mass is 32.1. The number of fused-ring (bicyclic) bond motifs is 1. The van der Waals surface area contributed by atoms with Crippen molar-refractivity contribution in [3.63, 3.8) is 0 Å². The molecule has 0 aliphatic heterocycles. The summed E-state index contributed by atoms with van der Waals surface area (Å²) in [7, 11) is 0. The van der Waals surface area contributed by atoms with Crippen molar-refractivity contribution < 1.29 is 0 Å². The molecule has 0 spiro atoms. The number of nitrogens with one attached hydrogen (secondary N) is 1. The minimum Gasteiger partial charge on any atom is -0.331 e. The van der Waals surface area contributed by atoms with Gasteiger partial charge in [-0.2, -0.15) is 0 Å². The van der Waals surface area contributed by atoms with Crippen molar-refractivity contribution in [2.24, 2.45) is 0 Å². The molecule has 0 saturated heterocycles. The molecule has 1 unspecified atom stereocenters. The number of nitrogens with zero attached hydrogens (tertiary/aromatic N) is 1. The second-order valence-electron chi connectivity index (χ2n) is 4.19. The standard InChI is InChI=1S/C13H16N2S/c1-4-5-10(3)15-12-8-9(2)6-7-11(12)14-13(15)16/h4,6-8,10H,1,5H2,2-3H3,(H,14,16). The summed E-state index contributed by atoms with van der Waals surface area (Å²) in [6, 6.07) is 6.69. The molecule has 2 aromatic rings. The fraction of sp³-hybridized carbons (Fsp3) is 0.308. The number of imidazole rings is 1. The molecule has 1 aromatic heterocycles. The highest BCUT2D eigenvalue weighted by Gasteiger charge is 2.09. The van der Waals surface area contributed by atoms with Gasteiger partial charge in [-0.3, -0.25) is 0 Å². The number of benzene rings is 1. The van der Waals surface area contributed by atoms with E-state index in [2.05, 4.69) is 48.2 Å². The number of H-pyrrole nitrogens is 1. The molecule has 2 rings (SSSR count). The highest BCUT2D eigenvalue weighted by molar-refractivity contribution is 7.71. The van der Waals surface area contributed by atoms with Gasteiger partial charge in [-0.1, -0.05) is 12.1 Å². The van der Waals surface area contributed by atoms with Gasteiger partial charge in [0.15, 0.2) is 4.77 Å². The largest absolute Gasteiger partial charge is 0.331 e. The number of aryl methyl sites for hydroxylation is 1. The van der Waals surface area contributed by atoms with Crippen molar-refractivity contribution >= 4 is 23.3 Å². The Morgan fingerprint density at radius 2 is 2.31 bits per heavy atom. The van der Waals surface area contributed by atoms with Crippen molar-refractivity contribution in [2.75, 3.05) is 0 Å². The van der Waals surface area contributed by atoms with Crippen LogP contribution in [0, 0.1) is 11.7 Å². The van der Waals surface area contributed by atoms with E-state index >= 15 is 0 Å². The van der Waals surface area contributed by atoms with Crippen LogP contribution in [0.5, 0.6) is 0 Å². The summed E-state index contributed by atoms with van der Waals surface area (Å²) in [4.78, 5) is 3.24. The molecular formula is C13H16N2S. The van der Waals surface area contributed by atoms with E-state index in [0.717, 1.165) is 16.7 Å². The fourth-order valence-electron chi connectivity index (χ4n) is 2.02. The summed E-state index contributed by atoms with van der Waals surface area (Å²) in [5.74, 6) is 0. The maximum atomic E-state index is 5.36. The summed E-state index contributed by atoms with van der Waals surface area (Å²) >= 11 is 5.36. The van der Waals surface area contributed by atoms with Crippen molar-refractivity contribution in [3.8, 4) is 0 Å². The quantitative estimate of drug-likeness (QED) is 0.623. The maximum absolute atomic E-state index is 5.36. The molecule has 0 fully saturated rings. The molecule has 1 atom stereocenters. The van der Waals surface area contributed by atoms with Gasteiger partial charge in [0.25, 0.3) is 0 Å². The Bertz CT molecular complexity index is 577. The minimum atomic E-state index is 0.348. The summed E-state index contributed by atoms with van der Waals surface area (Å²) in [5.41, 5.74) is 3.53. The van der Waals surface area contributed by atoms with Crippen LogP contribution >= 0.6 is 12.2 Å². The van der Waals surface area contributed by atoms with Crippen LogP contribution in [0.3, 0.4) is 0 Å². The maximum Gasteiger partial charge on any atom is 0.178 e. The summed E-state index contributed by atoms with van der Waals surface area (Å²) < 4.78 is 2.95. The van der Waals surface area contributed by atoms with Crippen LogP contribution in [0.25, 0.3) is 11.0 Å². The lowest BCUT2D eigenvalue weighted by Crippen LogP contribution is -2.03. The molecule has 3 heteroatoms. The molecule has 0 saturated carbocycles. The normalized spacial score (nSPS) is 12.9. The number of hydrogen-bond donors (Lipinski definition) is 1. The van der Waals surface area contributed by atoms with E-state index < -0.39 is 0 Å². The van der Waals surface area contributed by atoms with Crippen LogP contribution < -0.4 is 0 Å². The van der Waals surface area contributed by atoms with E-state index in [-0.39, 0.29) is 0 Å². The van der Waals surface area contributed by atoms with Gasteiger partial charge in [0.05, 0.1) is 11.0 Å². The van der Waals surface area contributed by atoms with Crippen LogP contribution in [0.15, 0.2) is 30.9 Å². The zero-order valence-corrected chi connectivity index (χ0v) is 10.5. The average molecular weight is 232 g/mol. The topological polar surface area (TPSA) is 20.7 Å². The molecule has 1 heterocycles. The van der Waals surface area contributed by atoms with E-state index in [9.17, 15) is 0 Å². The second-order valence-corrected chi connectivity index (χ2v) is 4.58. The van der Waals surface area contributed by atoms with Crippen LogP contribution in [-0.4, -0.2) is 9.55 Å². The predicted molar refractivity (Wildman–Crippen MR) is 71.4 cm³/mol. The van der Waals surface area contributed by atoms with Gasteiger partial charge in [0.2, 0.25) is 0 Å². The Morgan fingerprint density at radius 1 is 1.56 bits per heavy atom. The van der Waals surface area contributed by atoms with E-state index in [1.165, 1.54) is 11.1 Å². The Labute approximate surface area is 101 Å². The molecule has 16 heavy (non-hydrogen) atoms. The van der Waals surface area contributed by atoms with Gasteiger partial charge in [0.1, 0.15) is 0 Å². The average Bonchev–Trinajstić information content (AvgIpc) is 2.53. The molecule has 1 N–H and O–H groups in total. The third kappa shape index (κ3) is 1.83. The number of aromatic nitrogens is 2. The Kier molecular flexibility index (Phi) is 2.97. The van der Waals surface area contributed by atoms with Crippen LogP contribution in [0.1, 0.15) is 24.9 Å². The number of aromatic amines is 1. The Balaban J connectivity index is 2.67. The summed E-state index contributed by atoms with van der Waals surface area (Å²) in [6.07, 6.45) is 2.86. The first-order valence-electron chi connectivity index (χ1n) is 5.45. The smallest absolute Gasteiger partial charge is 0.178 e. The highest BCUT2D eigenvalue weighted by Crippen LogP contribution is 2.22. The fourth-order valence-corrected chi connectivity index (χ4v) is 2.40. The number of hydrogen-bond acceptors (Lipinski definition) is 1. The lowest BCUT2D eigenvalue weighted by molar-refractivity contribution is 0.563. The predicted octanol–water partition coefficient (Wildman–Crippen LogP) is 4.14. The molecule has 2 nitrogen and oxygen atoms in total. The van der Waals surface area contributed by atoms with Crippen molar-refractivity contribution in [3.05, 3.63) is 41.2 Å². The molecule has 84 valence electrons. The zero-order chi connectivity index (χ0) is 11.7. The van der Waals surface area contributed by atoms with Gasteiger partial charge < -0.3 is 9.55 Å². The van der Waals surface area contributed by atoms with Crippen LogP contribution in [0.2, 0.25) is 0 Å². The first kappa shape index (κ1) is 11.1. The van der Waals surface area contributed by atoms with E-state index in [4.69, 9.17) is 12.2 Å². The molecule has 0 aliphatic carbocycles. The lowest BCUT2D eigenvalue weighted by Gasteiger charge is -2.12. The summed E-state index contributed by atoms with van der Waals surface area (Å²) in [6.45, 7) is 8.04. The second kappa shape index (κ2) is 4.26. The lowest BCUT2D eigenvalue weighted by atomic mass is 10.2. The van der Waals surface area contributed by atoms with Gasteiger partial charge in [-0.15, -0.1) is 6.58 Å². The van der Waals surface area contributed by atoms with Crippen molar-refractivity contribution in [1.29, 1.82) is 0 Å². The first-order valence-corrected chi connectivity index (χ1v) is 5.86. The van der Waals surface area contributed by atoms with Gasteiger partial charge in [-0.05, 0) is 50.2 Å². The van der Waals surface area contributed by atoms with Crippen molar-refractivity contribution in [1.82, 2.24) is 9.55 Å². The third-order valence-electron chi connectivity index (χ3n) is 2.82. The number of allylic oxidation sites excluding steroid dienone is 1. The molecule has 0 radical (unpaired) electrons. The van der Waals surface area contributed by atoms with Gasteiger partial charge >= 0.3 is 0 Å². The van der Waals surface area contributed by atoms with Gasteiger partial charge in [0, 0.05) is 6.04 Å². The van der Waals surface area contributed by atoms with Gasteiger partial charge in [-0.25, -0.2) is 0 Å². The van der Waals surface area contributed by atoms with E-state index in [1.54, 1.807) is 0 Å². The van der Waals surface area contributed by atoms with Crippen LogP contribution in [0.4, 0.5) is 0 Å². The summed E-state index contributed by atoms with van der Waals surface area (Å²) in [5, 5.41) is 0. The van der Waals surface area contributed by atoms with E-state index in [0.29, 0.717) is 6.04 Å². The Morgan fingerprint density at radius 3 is 3.00 bits per heavy atom. The van der Waals surface area contributed by atoms with Crippen molar-refractivity contribution in [2.45, 2.75) is 26.3 Å². The molecular weight excluding hydrogens is 216 g/mol. The minimum absolute atomic E-state index is 0.348. The molecule has 0 aliphatic rings. The third-order valence-corrected chi connectivity index (χ3v) is 3.12. The Hall–Kier alpha value is -1.35. The number of rotatable bonds is 3. The van der Waals surface area contributed by atoms with E-state index in [1.807, 2.05) is 6.08 Å². The first-order chi connectivity index (χ1) is 7.63. The monoisotopic (exact) mass is 232 g/mol. The molecule has 1 aromatic carbocycles. The SMILES string of the molecule is C=CCC(C)n1c(=S)[nH]c2ccc(C)cc21. The molecule has 0 bridgehead atoms. The van der Waals surface area contributed by atoms with Crippen LogP contribution in [-0.2, 0) is 0 Å². The molecule has 0 amide bonds. The zero-order valence-electron chi connectivity index (χ0n) is 9.66.